The number of hydrogen-bond acceptors (Lipinski definition) is 3. The van der Waals surface area contributed by atoms with E-state index in [1.165, 1.54) is 0 Å². The summed E-state index contributed by atoms with van der Waals surface area (Å²) in [5, 5.41) is -0.655. The van der Waals surface area contributed by atoms with Crippen LogP contribution in [0.3, 0.4) is 0 Å². The highest BCUT2D eigenvalue weighted by atomic mass is 32.2. The van der Waals surface area contributed by atoms with Crippen molar-refractivity contribution in [2.75, 3.05) is 0 Å². The molecule has 1 aromatic rings. The summed E-state index contributed by atoms with van der Waals surface area (Å²) in [7, 11) is -3.38. The minimum absolute atomic E-state index is 0.0202. The largest absolute Gasteiger partial charge is 0.300 e. The number of carbonyl (C=O) groups is 1. The molecule has 0 heterocycles. The van der Waals surface area contributed by atoms with Crippen molar-refractivity contribution in [1.29, 1.82) is 0 Å². The molecular formula is C13H18O3S. The Kier molecular flexibility index (Phi) is 4.46. The maximum absolute atomic E-state index is 12.1. The van der Waals surface area contributed by atoms with Gasteiger partial charge in [0.25, 0.3) is 0 Å². The Morgan fingerprint density at radius 2 is 1.76 bits per heavy atom. The monoisotopic (exact) mass is 254 g/mol. The Morgan fingerprint density at radius 1 is 1.24 bits per heavy atom. The second kappa shape index (κ2) is 5.45. The molecule has 4 heteroatoms. The number of carbonyl (C=O) groups excluding carboxylic acids is 1. The number of rotatable bonds is 5. The molecule has 0 aliphatic carbocycles. The van der Waals surface area contributed by atoms with Crippen LogP contribution in [0.25, 0.3) is 0 Å². The lowest BCUT2D eigenvalue weighted by Gasteiger charge is -2.12. The van der Waals surface area contributed by atoms with E-state index in [1.807, 2.05) is 6.92 Å². The van der Waals surface area contributed by atoms with Crippen molar-refractivity contribution in [1.82, 2.24) is 0 Å². The van der Waals surface area contributed by atoms with E-state index < -0.39 is 15.1 Å². The molecule has 0 saturated heterocycles. The molecule has 0 fully saturated rings. The molecule has 0 N–H and O–H groups in total. The van der Waals surface area contributed by atoms with Crippen molar-refractivity contribution < 1.29 is 13.2 Å². The molecule has 3 nitrogen and oxygen atoms in total. The van der Waals surface area contributed by atoms with Crippen molar-refractivity contribution in [2.45, 2.75) is 43.8 Å². The van der Waals surface area contributed by atoms with Gasteiger partial charge in [0.2, 0.25) is 0 Å². The topological polar surface area (TPSA) is 51.2 Å². The highest BCUT2D eigenvalue weighted by Crippen LogP contribution is 2.19. The van der Waals surface area contributed by atoms with E-state index in [0.29, 0.717) is 11.3 Å². The predicted molar refractivity (Wildman–Crippen MR) is 67.7 cm³/mol. The molecule has 0 amide bonds. The fourth-order valence-electron chi connectivity index (χ4n) is 1.53. The molecule has 0 aromatic heterocycles. The van der Waals surface area contributed by atoms with Crippen molar-refractivity contribution in [3.05, 3.63) is 29.8 Å². The number of ketones is 1. The standard InChI is InChI=1S/C13H18O3S/c1-4-12(14)9-11(3)17(15,16)13-7-5-10(2)6-8-13/h5-8,11H,4,9H2,1-3H3. The Morgan fingerprint density at radius 3 is 2.24 bits per heavy atom. The Balaban J connectivity index is 2.95. The zero-order valence-corrected chi connectivity index (χ0v) is 11.3. The van der Waals surface area contributed by atoms with E-state index in [4.69, 9.17) is 0 Å². The van der Waals surface area contributed by atoms with Crippen LogP contribution in [0.4, 0.5) is 0 Å². The average Bonchev–Trinajstić information content (AvgIpc) is 2.29. The zero-order chi connectivity index (χ0) is 13.1. The highest BCUT2D eigenvalue weighted by Gasteiger charge is 2.24. The van der Waals surface area contributed by atoms with E-state index in [0.717, 1.165) is 5.56 Å². The number of sulfone groups is 1. The number of aryl methyl sites for hydroxylation is 1. The molecule has 0 aliphatic rings. The molecule has 0 bridgehead atoms. The molecule has 1 aromatic carbocycles. The summed E-state index contributed by atoms with van der Waals surface area (Å²) < 4.78 is 24.3. The molecule has 0 aliphatic heterocycles. The van der Waals surface area contributed by atoms with E-state index in [1.54, 1.807) is 38.1 Å². The van der Waals surface area contributed by atoms with E-state index in [9.17, 15) is 13.2 Å². The quantitative estimate of drug-likeness (QED) is 0.811. The van der Waals surface area contributed by atoms with Crippen molar-refractivity contribution in [3.63, 3.8) is 0 Å². The van der Waals surface area contributed by atoms with Gasteiger partial charge in [0.15, 0.2) is 9.84 Å². The van der Waals surface area contributed by atoms with E-state index in [2.05, 4.69) is 0 Å². The van der Waals surface area contributed by atoms with Gasteiger partial charge in [-0.15, -0.1) is 0 Å². The average molecular weight is 254 g/mol. The van der Waals surface area contributed by atoms with Crippen LogP contribution < -0.4 is 0 Å². The summed E-state index contributed by atoms with van der Waals surface area (Å²) in [6, 6.07) is 6.72. The summed E-state index contributed by atoms with van der Waals surface area (Å²) in [6.07, 6.45) is 0.473. The Hall–Kier alpha value is -1.16. The first-order chi connectivity index (χ1) is 7.87. The lowest BCUT2D eigenvalue weighted by atomic mass is 10.2. The SMILES string of the molecule is CCC(=O)CC(C)S(=O)(=O)c1ccc(C)cc1. The third-order valence-electron chi connectivity index (χ3n) is 2.79. The first-order valence-corrected chi connectivity index (χ1v) is 7.24. The van der Waals surface area contributed by atoms with Gasteiger partial charge in [-0.25, -0.2) is 8.42 Å². The first kappa shape index (κ1) is 13.9. The third-order valence-corrected chi connectivity index (χ3v) is 4.94. The number of benzene rings is 1. The molecular weight excluding hydrogens is 236 g/mol. The summed E-state index contributed by atoms with van der Waals surface area (Å²) in [4.78, 5) is 11.6. The zero-order valence-electron chi connectivity index (χ0n) is 10.4. The molecule has 0 spiro atoms. The van der Waals surface area contributed by atoms with E-state index in [-0.39, 0.29) is 12.2 Å². The summed E-state index contributed by atoms with van der Waals surface area (Å²) >= 11 is 0. The van der Waals surface area contributed by atoms with Crippen molar-refractivity contribution >= 4 is 15.6 Å². The van der Waals surface area contributed by atoms with Crippen LogP contribution in [-0.2, 0) is 14.6 Å². The lowest BCUT2D eigenvalue weighted by molar-refractivity contribution is -0.118. The van der Waals surface area contributed by atoms with Gasteiger partial charge < -0.3 is 0 Å². The predicted octanol–water partition coefficient (Wildman–Crippen LogP) is 2.53. The maximum atomic E-state index is 12.1. The maximum Gasteiger partial charge on any atom is 0.181 e. The van der Waals surface area contributed by atoms with Gasteiger partial charge in [0.05, 0.1) is 10.1 Å². The van der Waals surface area contributed by atoms with Gasteiger partial charge in [-0.05, 0) is 26.0 Å². The number of Topliss-reactive ketones (excluding diaryl/α,β-unsaturated/α-hetero) is 1. The molecule has 0 saturated carbocycles. The van der Waals surface area contributed by atoms with Gasteiger partial charge >= 0.3 is 0 Å². The van der Waals surface area contributed by atoms with Crippen LogP contribution in [0.1, 0.15) is 32.3 Å². The molecule has 17 heavy (non-hydrogen) atoms. The lowest BCUT2D eigenvalue weighted by Crippen LogP contribution is -2.21. The van der Waals surface area contributed by atoms with Crippen LogP contribution in [0.2, 0.25) is 0 Å². The van der Waals surface area contributed by atoms with Crippen LogP contribution in [-0.4, -0.2) is 19.5 Å². The molecule has 1 atom stereocenters. The Bertz CT molecular complexity index is 486. The first-order valence-electron chi connectivity index (χ1n) is 5.70. The molecule has 1 rings (SSSR count). The summed E-state index contributed by atoms with van der Waals surface area (Å²) in [5.74, 6) is -0.0202. The molecule has 1 unspecified atom stereocenters. The Labute approximate surface area is 103 Å². The normalized spacial score (nSPS) is 13.4. The van der Waals surface area contributed by atoms with Crippen LogP contribution in [0, 0.1) is 6.92 Å². The smallest absolute Gasteiger partial charge is 0.181 e. The second-order valence-corrected chi connectivity index (χ2v) is 6.63. The van der Waals surface area contributed by atoms with Gasteiger partial charge in [-0.3, -0.25) is 4.79 Å². The van der Waals surface area contributed by atoms with Crippen molar-refractivity contribution in [2.24, 2.45) is 0 Å². The van der Waals surface area contributed by atoms with Crippen LogP contribution >= 0.6 is 0 Å². The fraction of sp³-hybridized carbons (Fsp3) is 0.462. The number of hydrogen-bond donors (Lipinski definition) is 0. The van der Waals surface area contributed by atoms with Gasteiger partial charge in [-0.1, -0.05) is 24.6 Å². The van der Waals surface area contributed by atoms with Gasteiger partial charge in [0, 0.05) is 12.8 Å². The minimum Gasteiger partial charge on any atom is -0.300 e. The summed E-state index contributed by atoms with van der Waals surface area (Å²) in [6.45, 7) is 5.23. The van der Waals surface area contributed by atoms with E-state index >= 15 is 0 Å². The molecule has 0 radical (unpaired) electrons. The van der Waals surface area contributed by atoms with Gasteiger partial charge in [-0.2, -0.15) is 0 Å². The summed E-state index contributed by atoms with van der Waals surface area (Å²) in [5.41, 5.74) is 1.02. The fourth-order valence-corrected chi connectivity index (χ4v) is 2.92. The highest BCUT2D eigenvalue weighted by molar-refractivity contribution is 7.92. The molecule has 94 valence electrons. The van der Waals surface area contributed by atoms with Crippen LogP contribution in [0.15, 0.2) is 29.2 Å². The van der Waals surface area contributed by atoms with Gasteiger partial charge in [0.1, 0.15) is 5.78 Å². The minimum atomic E-state index is -3.38. The van der Waals surface area contributed by atoms with Crippen molar-refractivity contribution in [3.8, 4) is 0 Å². The second-order valence-electron chi connectivity index (χ2n) is 4.27. The third kappa shape index (κ3) is 3.40. The van der Waals surface area contributed by atoms with Crippen LogP contribution in [0.5, 0.6) is 0 Å².